The van der Waals surface area contributed by atoms with Crippen molar-refractivity contribution in [1.82, 2.24) is 0 Å². The van der Waals surface area contributed by atoms with Crippen molar-refractivity contribution in [2.45, 2.75) is 156 Å². The number of halogens is 4. The summed E-state index contributed by atoms with van der Waals surface area (Å²) in [4.78, 5) is 4.64. The monoisotopic (exact) mass is 1400 g/mol. The first kappa shape index (κ1) is 67.2. The molecule has 0 bridgehead atoms. The Bertz CT molecular complexity index is 3230. The summed E-state index contributed by atoms with van der Waals surface area (Å²) < 4.78 is 27.5. The summed E-state index contributed by atoms with van der Waals surface area (Å²) in [6, 6.07) is 69.6. The van der Waals surface area contributed by atoms with Gasteiger partial charge in [0.1, 0.15) is 0 Å². The number of hydrogen-bond acceptors (Lipinski definition) is 6. The summed E-state index contributed by atoms with van der Waals surface area (Å²) in [5.41, 5.74) is 15.1. The number of aryl methyl sites for hydroxylation is 4. The molecule has 2 aliphatic rings. The maximum absolute atomic E-state index is 6.32. The Morgan fingerprint density at radius 2 is 0.663 bits per heavy atom. The van der Waals surface area contributed by atoms with Gasteiger partial charge in [0.25, 0.3) is 0 Å². The maximum atomic E-state index is 6.32. The number of unbranched alkanes of at least 4 members (excludes halogenated alkanes) is 6. The standard InChI is InChI=1S/C36H48B2BrNO4.C32H34BrN.C6H4Br2/c1-33(2)34(3,4)42-37(41-33)28-16-22-31(23-17-28)40(30-20-14-27(15-21-30)13-11-9-10-12-26-39)32-24-18-29(19-25-32)38-43-35(5,6)36(7,8)44-38;1-25-11-17-30(18-12-25)34(31-19-13-27(14-20-31)9-5-3-4-6-23-33)32-21-15-28(16-22-32)29-10-7-8-26(2)24-29;7-5-2-1-3-6(8)4-5/h14-25H,9-13,26H2,1-8H3;7-8,10-22,24H,3-6,9,23H2,1-2H3;1-4H. The Morgan fingerprint density at radius 1 is 0.337 bits per heavy atom. The first-order valence-electron chi connectivity index (χ1n) is 30.6. The van der Waals surface area contributed by atoms with Gasteiger partial charge in [0, 0.05) is 53.7 Å². The number of anilines is 6. The van der Waals surface area contributed by atoms with Gasteiger partial charge in [-0.1, -0.05) is 204 Å². The molecule has 0 saturated carbocycles. The lowest BCUT2D eigenvalue weighted by atomic mass is 9.79. The number of alkyl halides is 2. The van der Waals surface area contributed by atoms with E-state index in [4.69, 9.17) is 18.6 Å². The van der Waals surface area contributed by atoms with Crippen molar-refractivity contribution >= 4 is 123 Å². The fraction of sp³-hybridized carbons (Fsp3) is 0.351. The smallest absolute Gasteiger partial charge is 0.399 e. The van der Waals surface area contributed by atoms with Crippen LogP contribution in [0.25, 0.3) is 11.1 Å². The van der Waals surface area contributed by atoms with Gasteiger partial charge in [0.15, 0.2) is 0 Å². The van der Waals surface area contributed by atoms with Crippen molar-refractivity contribution in [1.29, 1.82) is 0 Å². The molecule has 0 radical (unpaired) electrons. The van der Waals surface area contributed by atoms with Crippen LogP contribution in [0.3, 0.4) is 0 Å². The van der Waals surface area contributed by atoms with Crippen molar-refractivity contribution in [3.63, 3.8) is 0 Å². The van der Waals surface area contributed by atoms with Crippen molar-refractivity contribution in [2.75, 3.05) is 20.5 Å². The van der Waals surface area contributed by atoms with Gasteiger partial charge in [0.05, 0.1) is 22.4 Å². The highest BCUT2D eigenvalue weighted by Gasteiger charge is 2.52. The zero-order chi connectivity index (χ0) is 61.5. The van der Waals surface area contributed by atoms with Gasteiger partial charge in [-0.25, -0.2) is 0 Å². The Morgan fingerprint density at radius 3 is 1.00 bits per heavy atom. The molecule has 86 heavy (non-hydrogen) atoms. The van der Waals surface area contributed by atoms with E-state index in [9.17, 15) is 0 Å². The molecule has 0 spiro atoms. The van der Waals surface area contributed by atoms with E-state index >= 15 is 0 Å². The van der Waals surface area contributed by atoms with Crippen LogP contribution in [0.4, 0.5) is 34.1 Å². The van der Waals surface area contributed by atoms with Crippen LogP contribution in [-0.2, 0) is 31.5 Å². The Kier molecular flexibility index (Phi) is 24.3. The van der Waals surface area contributed by atoms with Crippen LogP contribution in [0.5, 0.6) is 0 Å². The third kappa shape index (κ3) is 18.2. The normalized spacial score (nSPS) is 15.3. The summed E-state index contributed by atoms with van der Waals surface area (Å²) in [5, 5.41) is 2.20. The van der Waals surface area contributed by atoms with E-state index in [1.807, 2.05) is 24.3 Å². The van der Waals surface area contributed by atoms with E-state index in [1.54, 1.807) is 0 Å². The van der Waals surface area contributed by atoms with Gasteiger partial charge >= 0.3 is 14.2 Å². The molecule has 2 fully saturated rings. The lowest BCUT2D eigenvalue weighted by Gasteiger charge is -2.32. The minimum absolute atomic E-state index is 0.378. The molecule has 6 nitrogen and oxygen atoms in total. The van der Waals surface area contributed by atoms with E-state index in [1.165, 1.54) is 102 Å². The summed E-state index contributed by atoms with van der Waals surface area (Å²) in [6.45, 7) is 21.0. The van der Waals surface area contributed by atoms with Gasteiger partial charge in [-0.15, -0.1) is 0 Å². The minimum atomic E-state index is -0.393. The lowest BCUT2D eigenvalue weighted by molar-refractivity contribution is 0.00578. The highest BCUT2D eigenvalue weighted by Crippen LogP contribution is 2.41. The largest absolute Gasteiger partial charge is 0.494 e. The predicted molar refractivity (Wildman–Crippen MR) is 382 cm³/mol. The molecule has 10 rings (SSSR count). The second-order valence-corrected chi connectivity index (χ2v) is 28.2. The molecule has 0 unspecified atom stereocenters. The zero-order valence-corrected chi connectivity index (χ0v) is 58.5. The zero-order valence-electron chi connectivity index (χ0n) is 52.2. The second kappa shape index (κ2) is 31.1. The maximum Gasteiger partial charge on any atom is 0.494 e. The van der Waals surface area contributed by atoms with Crippen LogP contribution >= 0.6 is 63.7 Å². The summed E-state index contributed by atoms with van der Waals surface area (Å²) in [7, 11) is -0.786. The van der Waals surface area contributed by atoms with Crippen LogP contribution in [0.2, 0.25) is 0 Å². The molecule has 12 heteroatoms. The molecule has 2 aliphatic heterocycles. The molecule has 450 valence electrons. The second-order valence-electron chi connectivity index (χ2n) is 24.8. The highest BCUT2D eigenvalue weighted by molar-refractivity contribution is 9.11. The molecule has 2 saturated heterocycles. The predicted octanol–water partition coefficient (Wildman–Crippen LogP) is 21.4. The topological polar surface area (TPSA) is 43.4 Å². The Labute approximate surface area is 550 Å². The molecule has 8 aromatic rings. The molecule has 0 amide bonds. The molecular formula is C74H86B2Br4N2O4. The van der Waals surface area contributed by atoms with E-state index in [-0.39, 0.29) is 22.4 Å². The van der Waals surface area contributed by atoms with Crippen LogP contribution in [0.1, 0.15) is 129 Å². The lowest BCUT2D eigenvalue weighted by Crippen LogP contribution is -2.41. The highest BCUT2D eigenvalue weighted by atomic mass is 79.9. The van der Waals surface area contributed by atoms with Crippen LogP contribution in [-0.4, -0.2) is 47.3 Å². The number of rotatable bonds is 21. The van der Waals surface area contributed by atoms with E-state index < -0.39 is 14.2 Å². The van der Waals surface area contributed by atoms with Crippen molar-refractivity contribution in [3.8, 4) is 11.1 Å². The molecule has 8 aromatic carbocycles. The average Bonchev–Trinajstić information content (AvgIpc) is 3.14. The van der Waals surface area contributed by atoms with Gasteiger partial charge in [0.2, 0.25) is 0 Å². The molecule has 2 heterocycles. The molecule has 0 aromatic heterocycles. The van der Waals surface area contributed by atoms with Gasteiger partial charge < -0.3 is 28.4 Å². The van der Waals surface area contributed by atoms with Crippen LogP contribution in [0.15, 0.2) is 203 Å². The average molecular weight is 1410 g/mol. The van der Waals surface area contributed by atoms with Crippen molar-refractivity contribution < 1.29 is 18.6 Å². The van der Waals surface area contributed by atoms with Crippen LogP contribution < -0.4 is 20.7 Å². The van der Waals surface area contributed by atoms with E-state index in [2.05, 4.69) is 313 Å². The Balaban J connectivity index is 0.000000202. The van der Waals surface area contributed by atoms with Crippen molar-refractivity contribution in [3.05, 3.63) is 225 Å². The van der Waals surface area contributed by atoms with Gasteiger partial charge in [-0.3, -0.25) is 0 Å². The van der Waals surface area contributed by atoms with Gasteiger partial charge in [-0.2, -0.15) is 0 Å². The summed E-state index contributed by atoms with van der Waals surface area (Å²) >= 11 is 13.7. The first-order chi connectivity index (χ1) is 41.2. The first-order valence-corrected chi connectivity index (χ1v) is 34.4. The third-order valence-electron chi connectivity index (χ3n) is 17.0. The van der Waals surface area contributed by atoms with Crippen molar-refractivity contribution in [2.24, 2.45) is 0 Å². The van der Waals surface area contributed by atoms with Crippen LogP contribution in [0, 0.1) is 13.8 Å². The third-order valence-corrected chi connectivity index (χ3v) is 19.1. The SMILES string of the molecule is Brc1cccc(Br)c1.CC1(C)OB(c2ccc(N(c3ccc(CCCCCCBr)cc3)c3ccc(B4OC(C)(C)C(C)(C)O4)cc3)cc2)OC1(C)C.Cc1ccc(N(c2ccc(CCCCCCBr)cc2)c2ccc(-c3cccc(C)c3)cc2)cc1. The number of hydrogen-bond donors (Lipinski definition) is 0. The number of benzene rings is 8. The van der Waals surface area contributed by atoms with E-state index in [0.717, 1.165) is 60.4 Å². The summed E-state index contributed by atoms with van der Waals surface area (Å²) in [5.74, 6) is 0. The number of nitrogens with zero attached hydrogens (tertiary/aromatic N) is 2. The Hall–Kier alpha value is -4.75. The molecular weight excluding hydrogens is 1320 g/mol. The molecule has 0 aliphatic carbocycles. The quantitative estimate of drug-likeness (QED) is 0.0406. The fourth-order valence-corrected chi connectivity index (χ4v) is 12.3. The summed E-state index contributed by atoms with van der Waals surface area (Å²) in [6.07, 6.45) is 12.4. The van der Waals surface area contributed by atoms with E-state index in [0.29, 0.717) is 0 Å². The molecule has 0 atom stereocenters. The molecule has 0 N–H and O–H groups in total. The minimum Gasteiger partial charge on any atom is -0.399 e. The van der Waals surface area contributed by atoms with Gasteiger partial charge in [-0.05, 0) is 232 Å². The fourth-order valence-electron chi connectivity index (χ4n) is 10.4.